The highest BCUT2D eigenvalue weighted by Crippen LogP contribution is 2.34. The second-order valence-electron chi connectivity index (χ2n) is 5.74. The van der Waals surface area contributed by atoms with Crippen molar-refractivity contribution in [3.05, 3.63) is 69.7 Å². The Morgan fingerprint density at radius 1 is 1.23 bits per heavy atom. The van der Waals surface area contributed by atoms with Crippen molar-refractivity contribution in [2.24, 2.45) is 5.73 Å². The lowest BCUT2D eigenvalue weighted by molar-refractivity contribution is 0.100. The van der Waals surface area contributed by atoms with E-state index in [0.717, 1.165) is 17.6 Å². The Kier molecular flexibility index (Phi) is 4.60. The van der Waals surface area contributed by atoms with Crippen molar-refractivity contribution in [3.8, 4) is 0 Å². The first-order chi connectivity index (χ1) is 10.6. The van der Waals surface area contributed by atoms with Crippen LogP contribution in [0.3, 0.4) is 0 Å². The van der Waals surface area contributed by atoms with Gasteiger partial charge in [-0.1, -0.05) is 40.2 Å². The topological polar surface area (TPSA) is 46.3 Å². The minimum Gasteiger partial charge on any atom is -0.366 e. The molecule has 0 aromatic heterocycles. The first-order valence-corrected chi connectivity index (χ1v) is 8.31. The third-order valence-corrected chi connectivity index (χ3v) is 4.71. The summed E-state index contributed by atoms with van der Waals surface area (Å²) < 4.78 is 1.13. The molecule has 0 bridgehead atoms. The summed E-state index contributed by atoms with van der Waals surface area (Å²) in [5.41, 5.74) is 8.43. The number of hydrogen-bond acceptors (Lipinski definition) is 2. The Morgan fingerprint density at radius 3 is 2.68 bits per heavy atom. The van der Waals surface area contributed by atoms with Gasteiger partial charge < -0.3 is 5.73 Å². The summed E-state index contributed by atoms with van der Waals surface area (Å²) in [4.78, 5) is 13.6. The number of likely N-dealkylation sites (tertiary alicyclic amines) is 1. The number of amides is 1. The number of carbonyl (C=O) groups is 1. The van der Waals surface area contributed by atoms with Crippen molar-refractivity contribution in [1.29, 1.82) is 0 Å². The van der Waals surface area contributed by atoms with Gasteiger partial charge in [0.2, 0.25) is 5.91 Å². The third-order valence-electron chi connectivity index (χ3n) is 4.22. The lowest BCUT2D eigenvalue weighted by atomic mass is 10.0. The Hall–Kier alpha value is -1.65. The van der Waals surface area contributed by atoms with Crippen LogP contribution in [0.4, 0.5) is 0 Å². The van der Waals surface area contributed by atoms with Crippen LogP contribution in [0.1, 0.15) is 40.4 Å². The van der Waals surface area contributed by atoms with Crippen molar-refractivity contribution in [3.63, 3.8) is 0 Å². The molecule has 1 aliphatic heterocycles. The fraction of sp³-hybridized carbons (Fsp3) is 0.278. The van der Waals surface area contributed by atoms with Crippen LogP contribution in [0.5, 0.6) is 0 Å². The Labute approximate surface area is 139 Å². The fourth-order valence-electron chi connectivity index (χ4n) is 3.12. The molecule has 0 aliphatic carbocycles. The average molecular weight is 359 g/mol. The molecule has 0 spiro atoms. The second-order valence-corrected chi connectivity index (χ2v) is 6.66. The zero-order chi connectivity index (χ0) is 15.5. The van der Waals surface area contributed by atoms with Gasteiger partial charge in [0.15, 0.2) is 0 Å². The predicted molar refractivity (Wildman–Crippen MR) is 91.5 cm³/mol. The van der Waals surface area contributed by atoms with Crippen LogP contribution in [0.2, 0.25) is 0 Å². The van der Waals surface area contributed by atoms with E-state index < -0.39 is 0 Å². The monoisotopic (exact) mass is 358 g/mol. The molecule has 1 amide bonds. The first kappa shape index (κ1) is 15.3. The number of nitrogens with zero attached hydrogens (tertiary/aromatic N) is 1. The van der Waals surface area contributed by atoms with Crippen molar-refractivity contribution < 1.29 is 4.79 Å². The quantitative estimate of drug-likeness (QED) is 0.900. The van der Waals surface area contributed by atoms with Crippen LogP contribution in [0, 0.1) is 0 Å². The molecule has 4 heteroatoms. The lowest BCUT2D eigenvalue weighted by Crippen LogP contribution is -2.22. The van der Waals surface area contributed by atoms with Gasteiger partial charge in [-0.3, -0.25) is 9.69 Å². The van der Waals surface area contributed by atoms with Crippen molar-refractivity contribution in [2.45, 2.75) is 25.4 Å². The van der Waals surface area contributed by atoms with Crippen LogP contribution in [0.15, 0.2) is 53.0 Å². The Balaban J connectivity index is 1.75. The van der Waals surface area contributed by atoms with Gasteiger partial charge in [0.25, 0.3) is 0 Å². The highest BCUT2D eigenvalue weighted by molar-refractivity contribution is 9.10. The summed E-state index contributed by atoms with van der Waals surface area (Å²) in [6, 6.07) is 16.6. The van der Waals surface area contributed by atoms with Gasteiger partial charge >= 0.3 is 0 Å². The molecule has 22 heavy (non-hydrogen) atoms. The van der Waals surface area contributed by atoms with E-state index in [1.807, 2.05) is 24.3 Å². The molecule has 1 fully saturated rings. The summed E-state index contributed by atoms with van der Waals surface area (Å²) in [7, 11) is 0. The second kappa shape index (κ2) is 6.63. The number of nitrogens with two attached hydrogens (primary N) is 1. The van der Waals surface area contributed by atoms with Crippen LogP contribution >= 0.6 is 15.9 Å². The molecule has 1 saturated heterocycles. The number of rotatable bonds is 4. The number of primary amides is 1. The molecular formula is C18H19BrN2O. The molecule has 1 aliphatic rings. The van der Waals surface area contributed by atoms with Crippen molar-refractivity contribution >= 4 is 21.8 Å². The minimum absolute atomic E-state index is 0.375. The minimum atomic E-state index is -0.375. The molecule has 3 nitrogen and oxygen atoms in total. The molecular weight excluding hydrogens is 340 g/mol. The molecule has 0 saturated carbocycles. The van der Waals surface area contributed by atoms with Gasteiger partial charge in [-0.25, -0.2) is 0 Å². The number of halogens is 1. The normalized spacial score (nSPS) is 18.5. The van der Waals surface area contributed by atoms with E-state index in [4.69, 9.17) is 5.73 Å². The predicted octanol–water partition coefficient (Wildman–Crippen LogP) is 3.89. The van der Waals surface area contributed by atoms with Crippen molar-refractivity contribution in [1.82, 2.24) is 4.90 Å². The molecule has 1 atom stereocenters. The van der Waals surface area contributed by atoms with E-state index in [2.05, 4.69) is 45.1 Å². The molecule has 1 heterocycles. The maximum absolute atomic E-state index is 11.1. The highest BCUT2D eigenvalue weighted by Gasteiger charge is 2.25. The zero-order valence-electron chi connectivity index (χ0n) is 12.3. The number of hydrogen-bond donors (Lipinski definition) is 1. The standard InChI is InChI=1S/C18H19BrN2O/c19-16-4-1-3-15(11-16)17-5-2-10-21(17)12-13-6-8-14(9-7-13)18(20)22/h1,3-4,6-9,11,17H,2,5,10,12H2,(H2,20,22). The van der Waals surface area contributed by atoms with Crippen molar-refractivity contribution in [2.75, 3.05) is 6.54 Å². The van der Waals surface area contributed by atoms with Gasteiger partial charge in [-0.15, -0.1) is 0 Å². The maximum atomic E-state index is 11.1. The van der Waals surface area contributed by atoms with Gasteiger partial charge in [0.05, 0.1) is 0 Å². The molecule has 114 valence electrons. The van der Waals surface area contributed by atoms with Gasteiger partial charge in [0.1, 0.15) is 0 Å². The van der Waals surface area contributed by atoms with E-state index in [-0.39, 0.29) is 5.91 Å². The van der Waals surface area contributed by atoms with E-state index >= 15 is 0 Å². The zero-order valence-corrected chi connectivity index (χ0v) is 13.9. The smallest absolute Gasteiger partial charge is 0.248 e. The third kappa shape index (κ3) is 3.39. The average Bonchev–Trinajstić information content (AvgIpc) is 2.96. The molecule has 0 radical (unpaired) electrons. The van der Waals surface area contributed by atoms with E-state index in [0.29, 0.717) is 11.6 Å². The van der Waals surface area contributed by atoms with E-state index in [1.165, 1.54) is 24.0 Å². The van der Waals surface area contributed by atoms with E-state index in [9.17, 15) is 4.79 Å². The largest absolute Gasteiger partial charge is 0.366 e. The Bertz CT molecular complexity index is 669. The molecule has 2 aromatic rings. The first-order valence-electron chi connectivity index (χ1n) is 7.52. The highest BCUT2D eigenvalue weighted by atomic mass is 79.9. The summed E-state index contributed by atoms with van der Waals surface area (Å²) in [6.07, 6.45) is 2.41. The van der Waals surface area contributed by atoms with Crippen LogP contribution in [-0.2, 0) is 6.54 Å². The summed E-state index contributed by atoms with van der Waals surface area (Å²) >= 11 is 3.56. The SMILES string of the molecule is NC(=O)c1ccc(CN2CCCC2c2cccc(Br)c2)cc1. The van der Waals surface area contributed by atoms with Crippen LogP contribution in [-0.4, -0.2) is 17.4 Å². The van der Waals surface area contributed by atoms with Gasteiger partial charge in [-0.2, -0.15) is 0 Å². The fourth-order valence-corrected chi connectivity index (χ4v) is 3.53. The molecule has 2 aromatic carbocycles. The molecule has 3 rings (SSSR count). The number of benzene rings is 2. The lowest BCUT2D eigenvalue weighted by Gasteiger charge is -2.25. The van der Waals surface area contributed by atoms with Crippen LogP contribution in [0.25, 0.3) is 0 Å². The van der Waals surface area contributed by atoms with Gasteiger partial charge in [-0.05, 0) is 54.8 Å². The Morgan fingerprint density at radius 2 is 2.00 bits per heavy atom. The summed E-state index contributed by atoms with van der Waals surface area (Å²) in [5, 5.41) is 0. The molecule has 2 N–H and O–H groups in total. The van der Waals surface area contributed by atoms with Crippen LogP contribution < -0.4 is 5.73 Å². The summed E-state index contributed by atoms with van der Waals surface area (Å²) in [6.45, 7) is 2.00. The summed E-state index contributed by atoms with van der Waals surface area (Å²) in [5.74, 6) is -0.375. The number of carbonyl (C=O) groups excluding carboxylic acids is 1. The maximum Gasteiger partial charge on any atom is 0.248 e. The van der Waals surface area contributed by atoms with Gasteiger partial charge in [0, 0.05) is 22.6 Å². The molecule has 1 unspecified atom stereocenters. The van der Waals surface area contributed by atoms with E-state index in [1.54, 1.807) is 0 Å².